The van der Waals surface area contributed by atoms with Gasteiger partial charge in [-0.15, -0.1) is 0 Å². The molecule has 0 aromatic heterocycles. The quantitative estimate of drug-likeness (QED) is 0.784. The van der Waals surface area contributed by atoms with Gasteiger partial charge in [0.25, 0.3) is 0 Å². The smallest absolute Gasteiger partial charge is 0.216 e. The predicted octanol–water partition coefficient (Wildman–Crippen LogP) is 1.01. The van der Waals surface area contributed by atoms with Gasteiger partial charge in [-0.25, -0.2) is 0 Å². The molecule has 0 spiro atoms. The summed E-state index contributed by atoms with van der Waals surface area (Å²) in [4.78, 5) is 13.3. The summed E-state index contributed by atoms with van der Waals surface area (Å²) < 4.78 is 5.71. The van der Waals surface area contributed by atoms with Gasteiger partial charge in [-0.3, -0.25) is 9.69 Å². The molecule has 0 saturated carbocycles. The second-order valence-corrected chi connectivity index (χ2v) is 5.38. The highest BCUT2D eigenvalue weighted by Crippen LogP contribution is 2.20. The van der Waals surface area contributed by atoms with Crippen molar-refractivity contribution in [2.75, 3.05) is 19.6 Å². The first kappa shape index (κ1) is 13.5. The molecule has 0 bridgehead atoms. The van der Waals surface area contributed by atoms with E-state index in [2.05, 4.69) is 37.9 Å². The van der Waals surface area contributed by atoms with Crippen molar-refractivity contribution in [3.05, 3.63) is 0 Å². The van der Waals surface area contributed by atoms with Crippen LogP contribution < -0.4 is 5.32 Å². The number of morpholine rings is 1. The van der Waals surface area contributed by atoms with Gasteiger partial charge in [-0.05, 0) is 27.7 Å². The fourth-order valence-corrected chi connectivity index (χ4v) is 2.12. The van der Waals surface area contributed by atoms with Gasteiger partial charge in [-0.1, -0.05) is 0 Å². The van der Waals surface area contributed by atoms with Crippen LogP contribution in [-0.2, 0) is 9.53 Å². The van der Waals surface area contributed by atoms with E-state index in [4.69, 9.17) is 4.74 Å². The van der Waals surface area contributed by atoms with Gasteiger partial charge in [0.2, 0.25) is 5.91 Å². The topological polar surface area (TPSA) is 41.6 Å². The maximum atomic E-state index is 10.9. The van der Waals surface area contributed by atoms with Crippen molar-refractivity contribution in [2.24, 2.45) is 0 Å². The normalized spacial score (nSPS) is 27.8. The summed E-state index contributed by atoms with van der Waals surface area (Å²) in [5, 5.41) is 2.89. The van der Waals surface area contributed by atoms with Gasteiger partial charge in [0.1, 0.15) is 0 Å². The number of ether oxygens (including phenoxy) is 1. The number of nitrogens with zero attached hydrogens (tertiary/aromatic N) is 1. The Balaban J connectivity index is 2.56. The molecular formula is C12H24N2O2. The van der Waals surface area contributed by atoms with Crippen molar-refractivity contribution >= 4 is 5.91 Å². The number of carbonyl (C=O) groups excluding carboxylic acids is 1. The van der Waals surface area contributed by atoms with E-state index in [-0.39, 0.29) is 23.7 Å². The number of rotatable bonds is 3. The minimum Gasteiger partial charge on any atom is -0.373 e. The third-order valence-corrected chi connectivity index (χ3v) is 3.05. The maximum absolute atomic E-state index is 10.9. The molecule has 4 heteroatoms. The highest BCUT2D eigenvalue weighted by atomic mass is 16.5. The van der Waals surface area contributed by atoms with Crippen molar-refractivity contribution in [2.45, 2.75) is 52.4 Å². The summed E-state index contributed by atoms with van der Waals surface area (Å²) in [6.45, 7) is 12.6. The van der Waals surface area contributed by atoms with Gasteiger partial charge < -0.3 is 10.1 Å². The molecule has 0 radical (unpaired) electrons. The van der Waals surface area contributed by atoms with Gasteiger partial charge in [0.15, 0.2) is 0 Å². The number of amides is 1. The summed E-state index contributed by atoms with van der Waals surface area (Å²) in [5.74, 6) is 0.0300. The van der Waals surface area contributed by atoms with Crippen molar-refractivity contribution in [1.82, 2.24) is 10.2 Å². The van der Waals surface area contributed by atoms with Gasteiger partial charge in [-0.2, -0.15) is 0 Å². The second kappa shape index (κ2) is 5.15. The Labute approximate surface area is 98.3 Å². The molecule has 0 aromatic rings. The van der Waals surface area contributed by atoms with E-state index < -0.39 is 0 Å². The molecule has 1 fully saturated rings. The van der Waals surface area contributed by atoms with Gasteiger partial charge >= 0.3 is 0 Å². The van der Waals surface area contributed by atoms with Crippen molar-refractivity contribution in [1.29, 1.82) is 0 Å². The van der Waals surface area contributed by atoms with Crippen molar-refractivity contribution < 1.29 is 9.53 Å². The molecule has 16 heavy (non-hydrogen) atoms. The van der Waals surface area contributed by atoms with Crippen LogP contribution in [0, 0.1) is 0 Å². The molecule has 1 amide bonds. The highest BCUT2D eigenvalue weighted by Gasteiger charge is 2.33. The van der Waals surface area contributed by atoms with Gasteiger partial charge in [0.05, 0.1) is 12.2 Å². The molecule has 1 rings (SSSR count). The Hall–Kier alpha value is -0.610. The van der Waals surface area contributed by atoms with Crippen molar-refractivity contribution in [3.8, 4) is 0 Å². The van der Waals surface area contributed by atoms with Crippen LogP contribution in [0.3, 0.4) is 0 Å². The van der Waals surface area contributed by atoms with Crippen LogP contribution in [0.2, 0.25) is 0 Å². The van der Waals surface area contributed by atoms with Crippen LogP contribution in [-0.4, -0.2) is 48.2 Å². The van der Waals surface area contributed by atoms with Gasteiger partial charge in [0, 0.05) is 32.1 Å². The van der Waals surface area contributed by atoms with Crippen LogP contribution in [0.25, 0.3) is 0 Å². The summed E-state index contributed by atoms with van der Waals surface area (Å²) in [5.41, 5.74) is -0.0159. The largest absolute Gasteiger partial charge is 0.373 e. The molecule has 2 unspecified atom stereocenters. The molecule has 2 atom stereocenters. The van der Waals surface area contributed by atoms with Crippen LogP contribution in [0.4, 0.5) is 0 Å². The van der Waals surface area contributed by atoms with E-state index in [1.807, 2.05) is 0 Å². The second-order valence-electron chi connectivity index (χ2n) is 5.38. The molecule has 1 saturated heterocycles. The average Bonchev–Trinajstić information content (AvgIpc) is 2.13. The Kier molecular flexibility index (Phi) is 4.33. The van der Waals surface area contributed by atoms with E-state index in [0.717, 1.165) is 13.1 Å². The average molecular weight is 228 g/mol. The minimum absolute atomic E-state index is 0.0159. The summed E-state index contributed by atoms with van der Waals surface area (Å²) in [6, 6.07) is 0. The number of hydrogen-bond donors (Lipinski definition) is 1. The zero-order chi connectivity index (χ0) is 12.3. The summed E-state index contributed by atoms with van der Waals surface area (Å²) in [6.07, 6.45) is 0.528. The predicted molar refractivity (Wildman–Crippen MR) is 64.3 cm³/mol. The van der Waals surface area contributed by atoms with Crippen LogP contribution >= 0.6 is 0 Å². The Morgan fingerprint density at radius 2 is 1.88 bits per heavy atom. The SMILES string of the molecule is CC(=O)NCC(C)(C)N1CC(C)OC(C)C1. The van der Waals surface area contributed by atoms with E-state index in [1.165, 1.54) is 0 Å². The molecule has 94 valence electrons. The third kappa shape index (κ3) is 3.76. The number of hydrogen-bond acceptors (Lipinski definition) is 3. The van der Waals surface area contributed by atoms with Crippen LogP contribution in [0.5, 0.6) is 0 Å². The maximum Gasteiger partial charge on any atom is 0.216 e. The highest BCUT2D eigenvalue weighted by molar-refractivity contribution is 5.72. The first-order valence-corrected chi connectivity index (χ1v) is 5.96. The molecule has 4 nitrogen and oxygen atoms in total. The standard InChI is InChI=1S/C12H24N2O2/c1-9-6-14(7-10(2)16-9)12(4,5)8-13-11(3)15/h9-10H,6-8H2,1-5H3,(H,13,15). The Morgan fingerprint density at radius 3 is 2.31 bits per heavy atom. The van der Waals surface area contributed by atoms with E-state index in [0.29, 0.717) is 6.54 Å². The lowest BCUT2D eigenvalue weighted by atomic mass is 10.00. The molecule has 1 heterocycles. The number of carbonyl (C=O) groups is 1. The van der Waals surface area contributed by atoms with E-state index >= 15 is 0 Å². The molecule has 0 aliphatic carbocycles. The molecular weight excluding hydrogens is 204 g/mol. The lowest BCUT2D eigenvalue weighted by molar-refractivity contribution is -0.120. The first-order chi connectivity index (χ1) is 7.31. The van der Waals surface area contributed by atoms with E-state index in [9.17, 15) is 4.79 Å². The lowest BCUT2D eigenvalue weighted by Gasteiger charge is -2.45. The van der Waals surface area contributed by atoms with E-state index in [1.54, 1.807) is 6.92 Å². The van der Waals surface area contributed by atoms with Crippen LogP contribution in [0.15, 0.2) is 0 Å². The zero-order valence-electron chi connectivity index (χ0n) is 11.0. The summed E-state index contributed by atoms with van der Waals surface area (Å²) >= 11 is 0. The Morgan fingerprint density at radius 1 is 1.38 bits per heavy atom. The molecule has 0 aromatic carbocycles. The fraction of sp³-hybridized carbons (Fsp3) is 0.917. The third-order valence-electron chi connectivity index (χ3n) is 3.05. The fourth-order valence-electron chi connectivity index (χ4n) is 2.12. The molecule has 1 aliphatic heterocycles. The monoisotopic (exact) mass is 228 g/mol. The minimum atomic E-state index is -0.0159. The van der Waals surface area contributed by atoms with Crippen LogP contribution in [0.1, 0.15) is 34.6 Å². The summed E-state index contributed by atoms with van der Waals surface area (Å²) in [7, 11) is 0. The molecule has 1 aliphatic rings. The zero-order valence-corrected chi connectivity index (χ0v) is 11.0. The molecule has 1 N–H and O–H groups in total. The first-order valence-electron chi connectivity index (χ1n) is 5.96. The van der Waals surface area contributed by atoms with Crippen molar-refractivity contribution in [3.63, 3.8) is 0 Å². The lowest BCUT2D eigenvalue weighted by Crippen LogP contribution is -2.58. The number of nitrogens with one attached hydrogen (secondary N) is 1. The Bertz CT molecular complexity index is 243.